The molecule has 1 aromatic heterocycles. The van der Waals surface area contributed by atoms with Crippen LogP contribution in [-0.2, 0) is 20.0 Å². The molecule has 3 rings (SSSR count). The summed E-state index contributed by atoms with van der Waals surface area (Å²) < 4.78 is 77.8. The van der Waals surface area contributed by atoms with Crippen LogP contribution in [0.2, 0.25) is 0 Å². The quantitative estimate of drug-likeness (QED) is 0.461. The van der Waals surface area contributed by atoms with Gasteiger partial charge in [0.1, 0.15) is 32.8 Å². The lowest BCUT2D eigenvalue weighted by Gasteiger charge is -2.12. The van der Waals surface area contributed by atoms with Crippen molar-refractivity contribution in [3.05, 3.63) is 52.8 Å². The molecule has 0 aliphatic rings. The highest BCUT2D eigenvalue weighted by Gasteiger charge is 2.26. The lowest BCUT2D eigenvalue weighted by molar-refractivity contribution is 0.392. The average molecular weight is 501 g/mol. The average Bonchev–Trinajstić information content (AvgIpc) is 3.26. The van der Waals surface area contributed by atoms with Crippen LogP contribution < -0.4 is 23.7 Å². The van der Waals surface area contributed by atoms with Crippen molar-refractivity contribution in [1.82, 2.24) is 3.97 Å². The standard InChI is InChI=1S/C19H20N2O8S3/c1-26-13-5-7-15(28-3)17(11-13)31(22,23)20-19-21(9-10-30-19)32(24,25)18-12-14(27-2)6-8-16(18)29-4/h5-12H,1-4H3/b20-19-. The Morgan fingerprint density at radius 1 is 0.781 bits per heavy atom. The molecule has 0 amide bonds. The number of nitrogens with zero attached hydrogens (tertiary/aromatic N) is 2. The number of ether oxygens (including phenoxy) is 4. The van der Waals surface area contributed by atoms with Gasteiger partial charge < -0.3 is 18.9 Å². The SMILES string of the molecule is COc1ccc(OC)c(S(=O)(=O)/N=c2\sccn2S(=O)(=O)c2cc(OC)ccc2OC)c1. The topological polar surface area (TPSA) is 122 Å². The summed E-state index contributed by atoms with van der Waals surface area (Å²) in [6, 6.07) is 8.45. The Bertz CT molecular complexity index is 1410. The van der Waals surface area contributed by atoms with Gasteiger partial charge in [0.05, 0.1) is 28.4 Å². The van der Waals surface area contributed by atoms with Crippen LogP contribution in [0.3, 0.4) is 0 Å². The molecule has 172 valence electrons. The molecule has 32 heavy (non-hydrogen) atoms. The summed E-state index contributed by atoms with van der Waals surface area (Å²) in [5.41, 5.74) is 0. The van der Waals surface area contributed by atoms with E-state index in [2.05, 4.69) is 4.40 Å². The Balaban J connectivity index is 2.21. The predicted octanol–water partition coefficient (Wildman–Crippen LogP) is 2.11. The lowest BCUT2D eigenvalue weighted by Crippen LogP contribution is -2.25. The van der Waals surface area contributed by atoms with Crippen LogP contribution in [0.4, 0.5) is 0 Å². The smallest absolute Gasteiger partial charge is 0.288 e. The molecule has 0 saturated carbocycles. The second-order valence-corrected chi connectivity index (χ2v) is 10.3. The molecule has 0 saturated heterocycles. The van der Waals surface area contributed by atoms with Crippen molar-refractivity contribution < 1.29 is 35.8 Å². The van der Waals surface area contributed by atoms with Crippen molar-refractivity contribution in [2.24, 2.45) is 4.40 Å². The first-order valence-corrected chi connectivity index (χ1v) is 12.6. The molecule has 1 heterocycles. The number of benzene rings is 2. The van der Waals surface area contributed by atoms with E-state index in [1.807, 2.05) is 0 Å². The fourth-order valence-corrected chi connectivity index (χ4v) is 6.64. The van der Waals surface area contributed by atoms with E-state index in [1.165, 1.54) is 70.3 Å². The third kappa shape index (κ3) is 4.45. The molecule has 2 aromatic carbocycles. The van der Waals surface area contributed by atoms with Gasteiger partial charge in [-0.05, 0) is 24.3 Å². The van der Waals surface area contributed by atoms with Crippen LogP contribution in [0, 0.1) is 0 Å². The summed E-state index contributed by atoms with van der Waals surface area (Å²) in [5.74, 6) is 0.655. The van der Waals surface area contributed by atoms with E-state index in [4.69, 9.17) is 18.9 Å². The number of methoxy groups -OCH3 is 4. The molecule has 0 N–H and O–H groups in total. The first-order valence-electron chi connectivity index (χ1n) is 8.84. The van der Waals surface area contributed by atoms with E-state index in [9.17, 15) is 16.8 Å². The lowest BCUT2D eigenvalue weighted by atomic mass is 10.3. The highest BCUT2D eigenvalue weighted by molar-refractivity contribution is 7.90. The molecule has 0 atom stereocenters. The number of aromatic nitrogens is 1. The van der Waals surface area contributed by atoms with Crippen LogP contribution in [-0.4, -0.2) is 49.2 Å². The highest BCUT2D eigenvalue weighted by atomic mass is 32.2. The summed E-state index contributed by atoms with van der Waals surface area (Å²) in [4.78, 5) is -0.772. The van der Waals surface area contributed by atoms with E-state index in [0.717, 1.165) is 15.3 Å². The summed E-state index contributed by atoms with van der Waals surface area (Å²) in [7, 11) is -3.23. The number of sulfonamides is 1. The van der Waals surface area contributed by atoms with Gasteiger partial charge in [-0.3, -0.25) is 0 Å². The minimum absolute atomic E-state index is 0.0370. The van der Waals surface area contributed by atoms with Gasteiger partial charge in [0.15, 0.2) is 0 Å². The van der Waals surface area contributed by atoms with Gasteiger partial charge >= 0.3 is 0 Å². The van der Waals surface area contributed by atoms with Crippen LogP contribution >= 0.6 is 11.3 Å². The maximum atomic E-state index is 13.3. The number of hydrogen-bond donors (Lipinski definition) is 0. The number of thiazole rings is 1. The molecule has 0 radical (unpaired) electrons. The third-order valence-electron chi connectivity index (χ3n) is 4.31. The first-order chi connectivity index (χ1) is 15.2. The van der Waals surface area contributed by atoms with E-state index >= 15 is 0 Å². The van der Waals surface area contributed by atoms with E-state index in [0.29, 0.717) is 0 Å². The minimum Gasteiger partial charge on any atom is -0.497 e. The van der Waals surface area contributed by atoms with E-state index in [1.54, 1.807) is 6.07 Å². The fraction of sp³-hybridized carbons (Fsp3) is 0.211. The van der Waals surface area contributed by atoms with Crippen molar-refractivity contribution >= 4 is 31.4 Å². The fourth-order valence-electron chi connectivity index (χ4n) is 2.74. The third-order valence-corrected chi connectivity index (χ3v) is 8.28. The molecule has 13 heteroatoms. The number of hydrogen-bond acceptors (Lipinski definition) is 9. The maximum Gasteiger partial charge on any atom is 0.288 e. The van der Waals surface area contributed by atoms with Crippen molar-refractivity contribution in [3.63, 3.8) is 0 Å². The Morgan fingerprint density at radius 2 is 1.31 bits per heavy atom. The zero-order valence-corrected chi connectivity index (χ0v) is 20.0. The van der Waals surface area contributed by atoms with Crippen LogP contribution in [0.1, 0.15) is 0 Å². The summed E-state index contributed by atoms with van der Waals surface area (Å²) in [6.45, 7) is 0. The predicted molar refractivity (Wildman–Crippen MR) is 117 cm³/mol. The van der Waals surface area contributed by atoms with Crippen LogP contribution in [0.5, 0.6) is 23.0 Å². The van der Waals surface area contributed by atoms with Crippen molar-refractivity contribution in [1.29, 1.82) is 0 Å². The number of rotatable bonds is 8. The zero-order chi connectivity index (χ0) is 23.5. The van der Waals surface area contributed by atoms with E-state index in [-0.39, 0.29) is 37.6 Å². The van der Waals surface area contributed by atoms with Gasteiger partial charge in [0.2, 0.25) is 4.80 Å². The van der Waals surface area contributed by atoms with Gasteiger partial charge in [0.25, 0.3) is 20.0 Å². The Morgan fingerprint density at radius 3 is 1.84 bits per heavy atom. The molecule has 0 aliphatic heterocycles. The largest absolute Gasteiger partial charge is 0.497 e. The van der Waals surface area contributed by atoms with Crippen LogP contribution in [0.15, 0.2) is 62.2 Å². The van der Waals surface area contributed by atoms with Crippen molar-refractivity contribution in [2.75, 3.05) is 28.4 Å². The summed E-state index contributed by atoms with van der Waals surface area (Å²) in [6.07, 6.45) is 1.20. The normalized spacial score (nSPS) is 12.4. The first kappa shape index (κ1) is 23.6. The molecule has 3 aromatic rings. The van der Waals surface area contributed by atoms with E-state index < -0.39 is 20.0 Å². The molecule has 0 aliphatic carbocycles. The monoisotopic (exact) mass is 500 g/mol. The molecule has 10 nitrogen and oxygen atoms in total. The highest BCUT2D eigenvalue weighted by Crippen LogP contribution is 2.31. The van der Waals surface area contributed by atoms with Crippen molar-refractivity contribution in [2.45, 2.75) is 9.79 Å². The van der Waals surface area contributed by atoms with Crippen LogP contribution in [0.25, 0.3) is 0 Å². The maximum absolute atomic E-state index is 13.3. The Labute approximate surface area is 189 Å². The molecule has 0 bridgehead atoms. The second-order valence-electron chi connectivity index (χ2n) is 6.09. The second kappa shape index (κ2) is 9.22. The zero-order valence-electron chi connectivity index (χ0n) is 17.5. The van der Waals surface area contributed by atoms with Gasteiger partial charge in [-0.25, -0.2) is 12.4 Å². The van der Waals surface area contributed by atoms with Gasteiger partial charge in [-0.15, -0.1) is 15.7 Å². The minimum atomic E-state index is -4.36. The molecular formula is C19H20N2O8S3. The Hall–Kier alpha value is -3.03. The van der Waals surface area contributed by atoms with Gasteiger partial charge in [-0.1, -0.05) is 0 Å². The van der Waals surface area contributed by atoms with Gasteiger partial charge in [0, 0.05) is 23.7 Å². The molecule has 0 unspecified atom stereocenters. The Kier molecular flexibility index (Phi) is 6.81. The summed E-state index contributed by atoms with van der Waals surface area (Å²) >= 11 is 0.833. The summed E-state index contributed by atoms with van der Waals surface area (Å²) in [5, 5.41) is 1.40. The van der Waals surface area contributed by atoms with Gasteiger partial charge in [-0.2, -0.15) is 8.42 Å². The molecule has 0 fully saturated rings. The van der Waals surface area contributed by atoms with Crippen molar-refractivity contribution in [3.8, 4) is 23.0 Å². The molecular weight excluding hydrogens is 480 g/mol. The molecule has 0 spiro atoms.